The van der Waals surface area contributed by atoms with Gasteiger partial charge in [-0.25, -0.2) is 12.8 Å². The average molecular weight is 318 g/mol. The van der Waals surface area contributed by atoms with E-state index in [1.54, 1.807) is 13.8 Å². The van der Waals surface area contributed by atoms with Gasteiger partial charge in [0.15, 0.2) is 0 Å². The quantitative estimate of drug-likeness (QED) is 0.795. The Morgan fingerprint density at radius 3 is 2.76 bits per heavy atom. The highest BCUT2D eigenvalue weighted by molar-refractivity contribution is 7.89. The number of halogens is 1. The maximum absolute atomic E-state index is 13.9. The van der Waals surface area contributed by atoms with E-state index in [-0.39, 0.29) is 25.4 Å². The highest BCUT2D eigenvalue weighted by Crippen LogP contribution is 2.28. The van der Waals surface area contributed by atoms with Crippen molar-refractivity contribution in [3.63, 3.8) is 0 Å². The zero-order valence-corrected chi connectivity index (χ0v) is 12.7. The number of ether oxygens (including phenoxy) is 1. The molecule has 0 amide bonds. The standard InChI is InChI=1S/C13H19FN2O4S/c1-13(2)8-16(6-10(7-17)20-13)21(18,19)12-4-3-9(15)5-11(12)14/h3-5,10,17H,6-8,15H2,1-2H3. The Morgan fingerprint density at radius 2 is 2.19 bits per heavy atom. The molecule has 0 aromatic heterocycles. The summed E-state index contributed by atoms with van der Waals surface area (Å²) in [5, 5.41) is 9.23. The van der Waals surface area contributed by atoms with E-state index < -0.39 is 32.4 Å². The predicted molar refractivity (Wildman–Crippen MR) is 75.6 cm³/mol. The third-order valence-electron chi connectivity index (χ3n) is 3.23. The number of hydrogen-bond acceptors (Lipinski definition) is 5. The van der Waals surface area contributed by atoms with Crippen LogP contribution in [0, 0.1) is 5.82 Å². The fraction of sp³-hybridized carbons (Fsp3) is 0.538. The molecule has 1 aromatic rings. The first kappa shape index (κ1) is 16.2. The summed E-state index contributed by atoms with van der Waals surface area (Å²) < 4.78 is 45.8. The Balaban J connectivity index is 2.38. The molecule has 3 N–H and O–H groups in total. The molecule has 1 fully saturated rings. The summed E-state index contributed by atoms with van der Waals surface area (Å²) in [7, 11) is -4.01. The minimum absolute atomic E-state index is 0.0217. The lowest BCUT2D eigenvalue weighted by molar-refractivity contribution is -0.131. The topological polar surface area (TPSA) is 92.9 Å². The third kappa shape index (κ3) is 3.34. The van der Waals surface area contributed by atoms with Crippen LogP contribution >= 0.6 is 0 Å². The molecule has 8 heteroatoms. The van der Waals surface area contributed by atoms with Crippen molar-refractivity contribution in [2.75, 3.05) is 25.4 Å². The van der Waals surface area contributed by atoms with Crippen LogP contribution < -0.4 is 5.73 Å². The monoisotopic (exact) mass is 318 g/mol. The zero-order chi connectivity index (χ0) is 15.8. The number of nitrogens with zero attached hydrogens (tertiary/aromatic N) is 1. The van der Waals surface area contributed by atoms with Crippen molar-refractivity contribution in [2.24, 2.45) is 0 Å². The van der Waals surface area contributed by atoms with Gasteiger partial charge in [0.05, 0.1) is 18.3 Å². The lowest BCUT2D eigenvalue weighted by atomic mass is 10.1. The van der Waals surface area contributed by atoms with E-state index in [9.17, 15) is 17.9 Å². The number of nitrogen functional groups attached to an aromatic ring is 1. The number of benzene rings is 1. The number of hydrogen-bond donors (Lipinski definition) is 2. The lowest BCUT2D eigenvalue weighted by Crippen LogP contribution is -2.55. The van der Waals surface area contributed by atoms with Crippen molar-refractivity contribution in [1.82, 2.24) is 4.31 Å². The normalized spacial score (nSPS) is 23.1. The molecule has 1 aliphatic heterocycles. The van der Waals surface area contributed by atoms with Crippen molar-refractivity contribution in [2.45, 2.75) is 30.4 Å². The maximum atomic E-state index is 13.9. The smallest absolute Gasteiger partial charge is 0.246 e. The van der Waals surface area contributed by atoms with Gasteiger partial charge in [-0.3, -0.25) is 0 Å². The first-order valence-electron chi connectivity index (χ1n) is 6.49. The first-order valence-corrected chi connectivity index (χ1v) is 7.93. The van der Waals surface area contributed by atoms with Gasteiger partial charge in [0.25, 0.3) is 0 Å². The van der Waals surface area contributed by atoms with Crippen LogP contribution in [0.25, 0.3) is 0 Å². The number of morpholine rings is 1. The fourth-order valence-electron chi connectivity index (χ4n) is 2.39. The molecule has 1 heterocycles. The summed E-state index contributed by atoms with van der Waals surface area (Å²) >= 11 is 0. The van der Waals surface area contributed by atoms with Crippen molar-refractivity contribution >= 4 is 15.7 Å². The van der Waals surface area contributed by atoms with Crippen molar-refractivity contribution in [3.05, 3.63) is 24.0 Å². The SMILES string of the molecule is CC1(C)CN(S(=O)(=O)c2ccc(N)cc2F)CC(CO)O1. The van der Waals surface area contributed by atoms with Crippen molar-refractivity contribution in [1.29, 1.82) is 0 Å². The summed E-state index contributed by atoms with van der Waals surface area (Å²) in [6.45, 7) is 3.19. The van der Waals surface area contributed by atoms with Crippen LogP contribution in [0.4, 0.5) is 10.1 Å². The summed E-state index contributed by atoms with van der Waals surface area (Å²) in [5.74, 6) is -0.889. The molecule has 0 aliphatic carbocycles. The van der Waals surface area contributed by atoms with Crippen LogP contribution in [0.3, 0.4) is 0 Å². The van der Waals surface area contributed by atoms with E-state index in [1.165, 1.54) is 6.07 Å². The third-order valence-corrected chi connectivity index (χ3v) is 5.07. The minimum atomic E-state index is -4.01. The molecule has 0 bridgehead atoms. The van der Waals surface area contributed by atoms with E-state index in [0.29, 0.717) is 0 Å². The minimum Gasteiger partial charge on any atom is -0.399 e. The largest absolute Gasteiger partial charge is 0.399 e. The van der Waals surface area contributed by atoms with E-state index >= 15 is 0 Å². The average Bonchev–Trinajstić information content (AvgIpc) is 2.36. The molecule has 6 nitrogen and oxygen atoms in total. The number of sulfonamides is 1. The molecule has 1 aromatic carbocycles. The van der Waals surface area contributed by atoms with Crippen LogP contribution in [0.1, 0.15) is 13.8 Å². The maximum Gasteiger partial charge on any atom is 0.246 e. The van der Waals surface area contributed by atoms with Crippen LogP contribution in [-0.2, 0) is 14.8 Å². The van der Waals surface area contributed by atoms with Crippen molar-refractivity contribution < 1.29 is 22.7 Å². The van der Waals surface area contributed by atoms with Gasteiger partial charge in [0.2, 0.25) is 10.0 Å². The predicted octanol–water partition coefficient (Wildman–Crippen LogP) is 0.568. The summed E-state index contributed by atoms with van der Waals surface area (Å²) in [5.41, 5.74) is 4.83. The highest BCUT2D eigenvalue weighted by atomic mass is 32.2. The molecule has 1 aliphatic rings. The van der Waals surface area contributed by atoms with E-state index in [0.717, 1.165) is 16.4 Å². The summed E-state index contributed by atoms with van der Waals surface area (Å²) in [4.78, 5) is -0.425. The van der Waals surface area contributed by atoms with Crippen molar-refractivity contribution in [3.8, 4) is 0 Å². The first-order chi connectivity index (χ1) is 9.65. The van der Waals surface area contributed by atoms with Gasteiger partial charge >= 0.3 is 0 Å². The zero-order valence-electron chi connectivity index (χ0n) is 11.9. The molecule has 21 heavy (non-hydrogen) atoms. The number of aliphatic hydroxyl groups excluding tert-OH is 1. The Bertz CT molecular complexity index is 633. The molecule has 1 saturated heterocycles. The lowest BCUT2D eigenvalue weighted by Gasteiger charge is -2.41. The number of rotatable bonds is 3. The fourth-order valence-corrected chi connectivity index (χ4v) is 4.05. The van der Waals surface area contributed by atoms with Crippen LogP contribution in [0.5, 0.6) is 0 Å². The molecule has 0 spiro atoms. The molecule has 2 rings (SSSR count). The van der Waals surface area contributed by atoms with Gasteiger partial charge in [-0.1, -0.05) is 0 Å². The van der Waals surface area contributed by atoms with Crippen LogP contribution in [0.15, 0.2) is 23.1 Å². The Labute approximate surface area is 123 Å². The number of aliphatic hydroxyl groups is 1. The molecule has 0 radical (unpaired) electrons. The molecule has 118 valence electrons. The second kappa shape index (κ2) is 5.53. The molecular formula is C13H19FN2O4S. The number of anilines is 1. The second-order valence-electron chi connectivity index (χ2n) is 5.67. The van der Waals surface area contributed by atoms with Gasteiger partial charge in [-0.05, 0) is 32.0 Å². The summed E-state index contributed by atoms with van der Waals surface area (Å²) in [6, 6.07) is 3.46. The van der Waals surface area contributed by atoms with Gasteiger partial charge < -0.3 is 15.6 Å². The van der Waals surface area contributed by atoms with Gasteiger partial charge in [0.1, 0.15) is 10.7 Å². The highest BCUT2D eigenvalue weighted by Gasteiger charge is 2.40. The van der Waals surface area contributed by atoms with E-state index in [2.05, 4.69) is 0 Å². The van der Waals surface area contributed by atoms with Gasteiger partial charge in [-0.2, -0.15) is 4.31 Å². The summed E-state index contributed by atoms with van der Waals surface area (Å²) in [6.07, 6.45) is -0.639. The number of nitrogens with two attached hydrogens (primary N) is 1. The molecular weight excluding hydrogens is 299 g/mol. The molecule has 0 saturated carbocycles. The van der Waals surface area contributed by atoms with Gasteiger partial charge in [0, 0.05) is 18.8 Å². The Morgan fingerprint density at radius 1 is 1.52 bits per heavy atom. The van der Waals surface area contributed by atoms with E-state index in [1.807, 2.05) is 0 Å². The second-order valence-corrected chi connectivity index (χ2v) is 7.58. The van der Waals surface area contributed by atoms with Crippen LogP contribution in [-0.4, -0.2) is 49.2 Å². The molecule has 1 atom stereocenters. The van der Waals surface area contributed by atoms with Gasteiger partial charge in [-0.15, -0.1) is 0 Å². The van der Waals surface area contributed by atoms with Crippen LogP contribution in [0.2, 0.25) is 0 Å². The molecule has 1 unspecified atom stereocenters. The Hall–Kier alpha value is -1.22. The Kier molecular flexibility index (Phi) is 4.25. The van der Waals surface area contributed by atoms with E-state index in [4.69, 9.17) is 10.5 Å².